The molecule has 9 rings (SSSR count). The Bertz CT molecular complexity index is 3760. The van der Waals surface area contributed by atoms with Gasteiger partial charge in [-0.3, -0.25) is 28.5 Å². The highest BCUT2D eigenvalue weighted by Crippen LogP contribution is 2.51. The molecule has 0 bridgehead atoms. The average molecular weight is 1410 g/mol. The number of nitriles is 1. The minimum absolute atomic E-state index is 0.00441. The first-order chi connectivity index (χ1) is 49.2. The molecule has 2 N–H and O–H groups in total. The summed E-state index contributed by atoms with van der Waals surface area (Å²) in [4.78, 5) is 74.5. The topological polar surface area (TPSA) is 258 Å². The predicted molar refractivity (Wildman–Crippen MR) is 388 cm³/mol. The molecule has 0 spiro atoms. The SMILES string of the molecule is CCCCCCCCCCCCCCCCCN(C[C@H]1O[C@@H](n2cnc3c(NC(=O)c4ccccc4)ncnc32)[C@H](OC)[C@@H]1OP(OCCC#N)N(C(C)C)C(C)C)C(=O)C[C@H]1[C@@H](OC)[C@H](n2ccc(=O)[nH]c2=O)O[C@@H]1COC(c1ccccc1)(c1ccc(OC)cc1)c1ccc(OC)cc1. The fourth-order valence-corrected chi connectivity index (χ4v) is 15.7. The molecule has 5 heterocycles. The zero-order chi connectivity index (χ0) is 71.7. The Labute approximate surface area is 595 Å². The highest BCUT2D eigenvalue weighted by Gasteiger charge is 2.53. The number of amides is 2. The Kier molecular flexibility index (Phi) is 29.9. The molecular weight excluding hydrogens is 1300 g/mol. The molecular formula is C77H103N10O13P. The number of hydrogen-bond donors (Lipinski definition) is 2. The predicted octanol–water partition coefficient (Wildman–Crippen LogP) is 13.8. The minimum Gasteiger partial charge on any atom is -0.497 e. The van der Waals surface area contributed by atoms with Crippen LogP contribution in [0.25, 0.3) is 11.2 Å². The summed E-state index contributed by atoms with van der Waals surface area (Å²) in [5.74, 6) is 0.0515. The quantitative estimate of drug-likeness (QED) is 0.0205. The lowest BCUT2D eigenvalue weighted by Crippen LogP contribution is -2.46. The molecule has 544 valence electrons. The number of methoxy groups -OCH3 is 4. The fourth-order valence-electron chi connectivity index (χ4n) is 13.9. The van der Waals surface area contributed by atoms with Crippen LogP contribution in [0.2, 0.25) is 0 Å². The molecule has 2 aliphatic rings. The van der Waals surface area contributed by atoms with Crippen LogP contribution in [-0.4, -0.2) is 148 Å². The zero-order valence-corrected chi connectivity index (χ0v) is 61.1. The molecule has 0 saturated carbocycles. The second-order valence-electron chi connectivity index (χ2n) is 26.5. The van der Waals surface area contributed by atoms with E-state index < -0.39 is 74.3 Å². The molecule has 7 aromatic rings. The maximum absolute atomic E-state index is 16.2. The number of unbranched alkanes of at least 4 members (excludes halogenated alkanes) is 14. The molecule has 3 aromatic heterocycles. The third-order valence-corrected chi connectivity index (χ3v) is 21.2. The van der Waals surface area contributed by atoms with Gasteiger partial charge in [-0.25, -0.2) is 24.4 Å². The Morgan fingerprint density at radius 1 is 0.673 bits per heavy atom. The Morgan fingerprint density at radius 2 is 1.23 bits per heavy atom. The van der Waals surface area contributed by atoms with Gasteiger partial charge >= 0.3 is 5.69 Å². The standard InChI is InChI=1S/C77H103N10O13P/c1-10-11-12-13-14-15-16-17-18-19-20-21-22-23-30-46-84(50-63-69(100-101(97-48-31-45-78)87(54(2)3)55(4)5)70(95-9)75(98-63)86-53-81-67-71(79-52-80-72(67)86)83-73(90)56-32-26-24-27-33-56)66(89)49-62-64(99-74(68(62)94-8)85-47-44-65(88)82-76(85)91)51-96-77(57-34-28-25-29-35-57,58-36-40-60(92-6)41-37-58)59-38-42-61(93-7)43-39-59/h24-29,32-44,47,52-55,62-64,68-70,74-75H,10-23,30-31,46,48-51H2,1-9H3,(H,82,88,91)(H,79,80,83,90)/t62-,63-,64-,68-,69-,70-,74-,75-,101?/m1/s1. The fraction of sp³-hybridized carbons (Fsp3) is 0.532. The van der Waals surface area contributed by atoms with Gasteiger partial charge in [0.1, 0.15) is 47.8 Å². The first kappa shape index (κ1) is 77.4. The molecule has 2 aliphatic heterocycles. The maximum Gasteiger partial charge on any atom is 0.330 e. The van der Waals surface area contributed by atoms with Crippen LogP contribution in [0.1, 0.15) is 183 Å². The minimum atomic E-state index is -1.92. The second kappa shape index (κ2) is 39.1. The number of imidazole rings is 1. The summed E-state index contributed by atoms with van der Waals surface area (Å²) in [5, 5.41) is 12.7. The molecule has 0 radical (unpaired) electrons. The number of nitrogens with one attached hydrogen (secondary N) is 2. The van der Waals surface area contributed by atoms with E-state index in [4.69, 9.17) is 52.2 Å². The molecule has 9 atom stereocenters. The number of rotatable bonds is 42. The van der Waals surface area contributed by atoms with Gasteiger partial charge in [0.15, 0.2) is 29.4 Å². The van der Waals surface area contributed by atoms with Gasteiger partial charge in [0.2, 0.25) is 5.91 Å². The van der Waals surface area contributed by atoms with Crippen LogP contribution in [0.15, 0.2) is 144 Å². The van der Waals surface area contributed by atoms with E-state index in [1.807, 2.05) is 89.8 Å². The van der Waals surface area contributed by atoms with Gasteiger partial charge in [0.25, 0.3) is 20.0 Å². The van der Waals surface area contributed by atoms with Crippen LogP contribution < -0.4 is 26.0 Å². The number of H-pyrrole nitrogens is 1. The summed E-state index contributed by atoms with van der Waals surface area (Å²) < 4.78 is 65.1. The number of anilines is 1. The van der Waals surface area contributed by atoms with E-state index in [-0.39, 0.29) is 62.3 Å². The Hall–Kier alpha value is -7.75. The smallest absolute Gasteiger partial charge is 0.330 e. The molecule has 24 heteroatoms. The lowest BCUT2D eigenvalue weighted by atomic mass is 9.79. The molecule has 1 unspecified atom stereocenters. The van der Waals surface area contributed by atoms with Crippen LogP contribution in [0, 0.1) is 17.2 Å². The van der Waals surface area contributed by atoms with Crippen LogP contribution in [-0.2, 0) is 43.1 Å². The Morgan fingerprint density at radius 3 is 1.78 bits per heavy atom. The van der Waals surface area contributed by atoms with Gasteiger partial charge < -0.3 is 52.4 Å². The van der Waals surface area contributed by atoms with Gasteiger partial charge in [-0.05, 0) is 87.2 Å². The van der Waals surface area contributed by atoms with Gasteiger partial charge in [0.05, 0.1) is 52.4 Å². The number of carbonyl (C=O) groups is 2. The van der Waals surface area contributed by atoms with Crippen molar-refractivity contribution in [1.29, 1.82) is 5.26 Å². The van der Waals surface area contributed by atoms with Crippen molar-refractivity contribution in [3.63, 3.8) is 0 Å². The number of aromatic nitrogens is 6. The zero-order valence-electron chi connectivity index (χ0n) is 60.2. The molecule has 0 aliphatic carbocycles. The summed E-state index contributed by atoms with van der Waals surface area (Å²) in [5.41, 5.74) is 0.784. The van der Waals surface area contributed by atoms with Crippen molar-refractivity contribution in [2.45, 2.75) is 204 Å². The van der Waals surface area contributed by atoms with E-state index >= 15 is 4.79 Å². The van der Waals surface area contributed by atoms with E-state index in [0.29, 0.717) is 41.2 Å². The highest BCUT2D eigenvalue weighted by atomic mass is 31.2. The van der Waals surface area contributed by atoms with Crippen molar-refractivity contribution < 1.29 is 51.8 Å². The molecule has 2 fully saturated rings. The normalized spacial score (nSPS) is 19.5. The van der Waals surface area contributed by atoms with E-state index in [2.05, 4.69) is 60.6 Å². The monoisotopic (exact) mass is 1410 g/mol. The van der Waals surface area contributed by atoms with E-state index in [0.717, 1.165) is 42.4 Å². The third kappa shape index (κ3) is 19.9. The number of nitrogens with zero attached hydrogens (tertiary/aromatic N) is 8. The highest BCUT2D eigenvalue weighted by molar-refractivity contribution is 7.44. The van der Waals surface area contributed by atoms with E-state index in [9.17, 15) is 19.6 Å². The van der Waals surface area contributed by atoms with E-state index in [1.165, 1.54) is 94.5 Å². The van der Waals surface area contributed by atoms with Crippen molar-refractivity contribution >= 4 is 37.3 Å². The number of carbonyl (C=O) groups excluding carboxylic acids is 2. The second-order valence-corrected chi connectivity index (χ2v) is 27.9. The van der Waals surface area contributed by atoms with Crippen molar-refractivity contribution in [3.8, 4) is 17.6 Å². The van der Waals surface area contributed by atoms with Gasteiger partial charge in [-0.1, -0.05) is 170 Å². The summed E-state index contributed by atoms with van der Waals surface area (Å²) in [6.45, 7) is 10.8. The van der Waals surface area contributed by atoms with Crippen LogP contribution >= 0.6 is 8.53 Å². The first-order valence-electron chi connectivity index (χ1n) is 35.9. The van der Waals surface area contributed by atoms with Gasteiger partial charge in [-0.2, -0.15) is 5.26 Å². The van der Waals surface area contributed by atoms with Crippen LogP contribution in [0.4, 0.5) is 5.82 Å². The van der Waals surface area contributed by atoms with Crippen molar-refractivity contribution in [2.24, 2.45) is 5.92 Å². The van der Waals surface area contributed by atoms with Gasteiger partial charge in [0, 0.05) is 69.6 Å². The molecule has 2 saturated heterocycles. The molecule has 4 aromatic carbocycles. The number of benzene rings is 4. The number of hydrogen-bond acceptors (Lipinski definition) is 18. The third-order valence-electron chi connectivity index (χ3n) is 19.1. The van der Waals surface area contributed by atoms with Crippen LogP contribution in [0.3, 0.4) is 0 Å². The van der Waals surface area contributed by atoms with E-state index in [1.54, 1.807) is 56.5 Å². The lowest BCUT2D eigenvalue weighted by molar-refractivity contribution is -0.137. The summed E-state index contributed by atoms with van der Waals surface area (Å²) >= 11 is 0. The summed E-state index contributed by atoms with van der Waals surface area (Å²) in [6, 6.07) is 37.3. The first-order valence-corrected chi connectivity index (χ1v) is 37.0. The molecule has 23 nitrogen and oxygen atoms in total. The number of fused-ring (bicyclic) bond motifs is 1. The maximum atomic E-state index is 16.2. The molecule has 101 heavy (non-hydrogen) atoms. The average Bonchev–Trinajstić information content (AvgIpc) is 1.71. The lowest BCUT2D eigenvalue weighted by Gasteiger charge is -2.38. The molecule has 2 amide bonds. The van der Waals surface area contributed by atoms with Crippen molar-refractivity contribution in [1.82, 2.24) is 38.6 Å². The summed E-state index contributed by atoms with van der Waals surface area (Å²) in [7, 11) is 4.40. The van der Waals surface area contributed by atoms with Crippen molar-refractivity contribution in [2.75, 3.05) is 60.1 Å². The van der Waals surface area contributed by atoms with Gasteiger partial charge in [-0.15, -0.1) is 0 Å². The largest absolute Gasteiger partial charge is 0.497 e. The van der Waals surface area contributed by atoms with Crippen LogP contribution in [0.5, 0.6) is 11.5 Å². The van der Waals surface area contributed by atoms with Crippen molar-refractivity contribution in [3.05, 3.63) is 177 Å². The number of ether oxygens (including phenoxy) is 7. The number of aromatic amines is 1. The Balaban J connectivity index is 1.08. The summed E-state index contributed by atoms with van der Waals surface area (Å²) in [6.07, 6.45) is 15.1.